The fraction of sp³-hybridized carbons (Fsp3) is 0.667. The molecule has 0 aromatic heterocycles. The Balaban J connectivity index is 1.98. The summed E-state index contributed by atoms with van der Waals surface area (Å²) in [4.78, 5) is 5.06. The van der Waals surface area contributed by atoms with Crippen LogP contribution in [0.15, 0.2) is 24.3 Å². The third-order valence-electron chi connectivity index (χ3n) is 4.75. The molecule has 2 rings (SSSR count). The van der Waals surface area contributed by atoms with Gasteiger partial charge in [0, 0.05) is 30.9 Å². The van der Waals surface area contributed by atoms with Crippen LogP contribution in [0.3, 0.4) is 0 Å². The molecule has 0 radical (unpaired) electrons. The number of rotatable bonds is 6. The van der Waals surface area contributed by atoms with Crippen molar-refractivity contribution >= 4 is 5.69 Å². The summed E-state index contributed by atoms with van der Waals surface area (Å²) in [5.74, 6) is 0. The molecule has 1 aromatic rings. The van der Waals surface area contributed by atoms with Crippen molar-refractivity contribution in [2.24, 2.45) is 5.73 Å². The number of piperidine rings is 1. The van der Waals surface area contributed by atoms with Crippen molar-refractivity contribution in [2.45, 2.75) is 58.2 Å². The van der Waals surface area contributed by atoms with Gasteiger partial charge in [-0.2, -0.15) is 0 Å². The van der Waals surface area contributed by atoms with Gasteiger partial charge >= 0.3 is 0 Å². The molecular weight excluding hydrogens is 258 g/mol. The molecule has 0 amide bonds. The molecule has 1 aromatic carbocycles. The summed E-state index contributed by atoms with van der Waals surface area (Å²) in [6.45, 7) is 7.57. The van der Waals surface area contributed by atoms with Gasteiger partial charge in [-0.25, -0.2) is 0 Å². The SMILES string of the molecule is CC(C)N(CCC1CCCCN1C)c1ccc(CN)cc1. The van der Waals surface area contributed by atoms with Crippen molar-refractivity contribution < 1.29 is 0 Å². The molecule has 21 heavy (non-hydrogen) atoms. The fourth-order valence-electron chi connectivity index (χ4n) is 3.31. The molecule has 2 N–H and O–H groups in total. The van der Waals surface area contributed by atoms with E-state index < -0.39 is 0 Å². The van der Waals surface area contributed by atoms with E-state index in [4.69, 9.17) is 5.73 Å². The molecule has 0 spiro atoms. The lowest BCUT2D eigenvalue weighted by molar-refractivity contribution is 0.177. The maximum absolute atomic E-state index is 5.69. The minimum Gasteiger partial charge on any atom is -0.369 e. The van der Waals surface area contributed by atoms with E-state index >= 15 is 0 Å². The summed E-state index contributed by atoms with van der Waals surface area (Å²) in [6, 6.07) is 10.0. The van der Waals surface area contributed by atoms with E-state index in [1.165, 1.54) is 43.5 Å². The predicted octanol–water partition coefficient (Wildman–Crippen LogP) is 3.23. The molecule has 1 aliphatic heterocycles. The van der Waals surface area contributed by atoms with Gasteiger partial charge < -0.3 is 15.5 Å². The normalized spacial score (nSPS) is 20.0. The second-order valence-electron chi connectivity index (χ2n) is 6.58. The number of hydrogen-bond donors (Lipinski definition) is 1. The topological polar surface area (TPSA) is 32.5 Å². The van der Waals surface area contributed by atoms with E-state index in [2.05, 4.69) is 55.0 Å². The van der Waals surface area contributed by atoms with Gasteiger partial charge in [0.1, 0.15) is 0 Å². The summed E-state index contributed by atoms with van der Waals surface area (Å²) in [5.41, 5.74) is 8.21. The Hall–Kier alpha value is -1.06. The van der Waals surface area contributed by atoms with Crippen LogP contribution in [0.2, 0.25) is 0 Å². The van der Waals surface area contributed by atoms with E-state index in [-0.39, 0.29) is 0 Å². The molecule has 1 unspecified atom stereocenters. The smallest absolute Gasteiger partial charge is 0.0368 e. The highest BCUT2D eigenvalue weighted by molar-refractivity contribution is 5.48. The van der Waals surface area contributed by atoms with Crippen molar-refractivity contribution in [1.29, 1.82) is 0 Å². The van der Waals surface area contributed by atoms with E-state index in [9.17, 15) is 0 Å². The molecule has 118 valence electrons. The number of likely N-dealkylation sites (tertiary alicyclic amines) is 1. The number of benzene rings is 1. The fourth-order valence-corrected chi connectivity index (χ4v) is 3.31. The van der Waals surface area contributed by atoms with Crippen molar-refractivity contribution in [3.8, 4) is 0 Å². The standard InChI is InChI=1S/C18H31N3/c1-15(2)21(18-9-7-16(14-19)8-10-18)13-11-17-6-4-5-12-20(17)3/h7-10,15,17H,4-6,11-14,19H2,1-3H3. The number of hydrogen-bond acceptors (Lipinski definition) is 3. The molecule has 0 bridgehead atoms. The molecule has 1 heterocycles. The zero-order valence-electron chi connectivity index (χ0n) is 13.9. The van der Waals surface area contributed by atoms with Gasteiger partial charge in [0.15, 0.2) is 0 Å². The Morgan fingerprint density at radius 1 is 1.24 bits per heavy atom. The average Bonchev–Trinajstić information content (AvgIpc) is 2.49. The Morgan fingerprint density at radius 2 is 1.95 bits per heavy atom. The molecule has 3 heteroatoms. The molecule has 0 aliphatic carbocycles. The van der Waals surface area contributed by atoms with Gasteiger partial charge in [-0.3, -0.25) is 0 Å². The van der Waals surface area contributed by atoms with Crippen LogP contribution in [-0.2, 0) is 6.54 Å². The van der Waals surface area contributed by atoms with Crippen LogP contribution in [0.5, 0.6) is 0 Å². The van der Waals surface area contributed by atoms with Gasteiger partial charge in [-0.1, -0.05) is 18.6 Å². The zero-order valence-corrected chi connectivity index (χ0v) is 13.9. The summed E-state index contributed by atoms with van der Waals surface area (Å²) in [6.07, 6.45) is 5.37. The molecule has 1 fully saturated rings. The zero-order chi connectivity index (χ0) is 15.2. The van der Waals surface area contributed by atoms with Crippen LogP contribution in [-0.4, -0.2) is 37.1 Å². The van der Waals surface area contributed by atoms with Crippen molar-refractivity contribution in [2.75, 3.05) is 25.0 Å². The first-order valence-corrected chi connectivity index (χ1v) is 8.37. The predicted molar refractivity (Wildman–Crippen MR) is 91.7 cm³/mol. The second kappa shape index (κ2) is 7.81. The number of anilines is 1. The summed E-state index contributed by atoms with van der Waals surface area (Å²) in [7, 11) is 2.28. The van der Waals surface area contributed by atoms with Crippen LogP contribution in [0.25, 0.3) is 0 Å². The Bertz CT molecular complexity index is 413. The monoisotopic (exact) mass is 289 g/mol. The lowest BCUT2D eigenvalue weighted by atomic mass is 9.99. The number of nitrogens with zero attached hydrogens (tertiary/aromatic N) is 2. The van der Waals surface area contributed by atoms with E-state index in [1.54, 1.807) is 0 Å². The van der Waals surface area contributed by atoms with Crippen LogP contribution in [0, 0.1) is 0 Å². The summed E-state index contributed by atoms with van der Waals surface area (Å²) < 4.78 is 0. The van der Waals surface area contributed by atoms with Gasteiger partial charge in [0.05, 0.1) is 0 Å². The van der Waals surface area contributed by atoms with Crippen molar-refractivity contribution in [3.05, 3.63) is 29.8 Å². The van der Waals surface area contributed by atoms with Crippen molar-refractivity contribution in [3.63, 3.8) is 0 Å². The largest absolute Gasteiger partial charge is 0.369 e. The third kappa shape index (κ3) is 4.45. The van der Waals surface area contributed by atoms with Crippen LogP contribution >= 0.6 is 0 Å². The van der Waals surface area contributed by atoms with Crippen LogP contribution < -0.4 is 10.6 Å². The minimum absolute atomic E-state index is 0.530. The van der Waals surface area contributed by atoms with Gasteiger partial charge in [0.25, 0.3) is 0 Å². The molecule has 1 aliphatic rings. The van der Waals surface area contributed by atoms with Crippen LogP contribution in [0.1, 0.15) is 45.1 Å². The highest BCUT2D eigenvalue weighted by Gasteiger charge is 2.20. The van der Waals surface area contributed by atoms with Gasteiger partial charge in [-0.05, 0) is 64.4 Å². The molecule has 3 nitrogen and oxygen atoms in total. The number of nitrogens with two attached hydrogens (primary N) is 1. The molecule has 1 atom stereocenters. The maximum atomic E-state index is 5.69. The van der Waals surface area contributed by atoms with E-state index in [0.29, 0.717) is 12.6 Å². The average molecular weight is 289 g/mol. The molecule has 1 saturated heterocycles. The van der Waals surface area contributed by atoms with Gasteiger partial charge in [0.2, 0.25) is 0 Å². The minimum atomic E-state index is 0.530. The van der Waals surface area contributed by atoms with Crippen LogP contribution in [0.4, 0.5) is 5.69 Å². The molecular formula is C18H31N3. The summed E-state index contributed by atoms with van der Waals surface area (Å²) in [5, 5.41) is 0. The van der Waals surface area contributed by atoms with E-state index in [1.807, 2.05) is 0 Å². The molecule has 0 saturated carbocycles. The van der Waals surface area contributed by atoms with Crippen molar-refractivity contribution in [1.82, 2.24) is 4.90 Å². The van der Waals surface area contributed by atoms with E-state index in [0.717, 1.165) is 12.6 Å². The lowest BCUT2D eigenvalue weighted by Gasteiger charge is -2.36. The first-order chi connectivity index (χ1) is 10.1. The quantitative estimate of drug-likeness (QED) is 0.872. The highest BCUT2D eigenvalue weighted by atomic mass is 15.2. The Kier molecular flexibility index (Phi) is 6.07. The summed E-state index contributed by atoms with van der Waals surface area (Å²) >= 11 is 0. The highest BCUT2D eigenvalue weighted by Crippen LogP contribution is 2.22. The van der Waals surface area contributed by atoms with Gasteiger partial charge in [-0.15, -0.1) is 0 Å². The Labute approximate surface area is 130 Å². The second-order valence-corrected chi connectivity index (χ2v) is 6.58. The third-order valence-corrected chi connectivity index (χ3v) is 4.75. The first kappa shape index (κ1) is 16.3. The maximum Gasteiger partial charge on any atom is 0.0368 e. The first-order valence-electron chi connectivity index (χ1n) is 8.37. The lowest BCUT2D eigenvalue weighted by Crippen LogP contribution is -2.40. The Morgan fingerprint density at radius 3 is 2.52 bits per heavy atom.